The van der Waals surface area contributed by atoms with Crippen molar-refractivity contribution in [1.29, 1.82) is 0 Å². The molecule has 2 aliphatic rings. The largest absolute Gasteiger partial charge is 0.478 e. The number of halogens is 1. The van der Waals surface area contributed by atoms with E-state index >= 15 is 0 Å². The zero-order chi connectivity index (χ0) is 14.8. The number of hydrogen-bond acceptors (Lipinski definition) is 2. The normalized spacial score (nSPS) is 23.8. The molecule has 1 unspecified atom stereocenters. The number of rotatable bonds is 4. The van der Waals surface area contributed by atoms with Crippen LogP contribution in [-0.2, 0) is 6.54 Å². The van der Waals surface area contributed by atoms with E-state index in [0.29, 0.717) is 11.1 Å². The van der Waals surface area contributed by atoms with Gasteiger partial charge in [-0.2, -0.15) is 0 Å². The molecule has 1 aromatic carbocycles. The molecular formula is C17H22ClNO2. The van der Waals surface area contributed by atoms with E-state index in [1.165, 1.54) is 38.5 Å². The van der Waals surface area contributed by atoms with Crippen molar-refractivity contribution < 1.29 is 9.90 Å². The number of aromatic carboxylic acids is 1. The Balaban J connectivity index is 1.71. The number of carboxylic acids is 1. The fourth-order valence-electron chi connectivity index (χ4n) is 3.95. The smallest absolute Gasteiger partial charge is 0.335 e. The van der Waals surface area contributed by atoms with E-state index < -0.39 is 5.97 Å². The molecule has 1 aliphatic carbocycles. The van der Waals surface area contributed by atoms with Crippen LogP contribution in [-0.4, -0.2) is 28.6 Å². The van der Waals surface area contributed by atoms with Gasteiger partial charge in [0, 0.05) is 17.6 Å². The van der Waals surface area contributed by atoms with Gasteiger partial charge in [-0.1, -0.05) is 30.5 Å². The fraction of sp³-hybridized carbons (Fsp3) is 0.588. The molecule has 1 N–H and O–H groups in total. The van der Waals surface area contributed by atoms with Gasteiger partial charge in [0.25, 0.3) is 0 Å². The number of carbonyl (C=O) groups is 1. The van der Waals surface area contributed by atoms with Crippen molar-refractivity contribution in [2.24, 2.45) is 5.92 Å². The van der Waals surface area contributed by atoms with Gasteiger partial charge in [0.1, 0.15) is 0 Å². The van der Waals surface area contributed by atoms with Gasteiger partial charge < -0.3 is 5.11 Å². The van der Waals surface area contributed by atoms with Crippen molar-refractivity contribution in [2.75, 3.05) is 6.54 Å². The van der Waals surface area contributed by atoms with Crippen LogP contribution in [0.5, 0.6) is 0 Å². The summed E-state index contributed by atoms with van der Waals surface area (Å²) >= 11 is 6.27. The number of benzene rings is 1. The van der Waals surface area contributed by atoms with Gasteiger partial charge >= 0.3 is 5.97 Å². The summed E-state index contributed by atoms with van der Waals surface area (Å²) in [6.07, 6.45) is 8.06. The third-order valence-electron chi connectivity index (χ3n) is 5.03. The zero-order valence-corrected chi connectivity index (χ0v) is 13.0. The minimum Gasteiger partial charge on any atom is -0.478 e. The summed E-state index contributed by atoms with van der Waals surface area (Å²) in [5, 5.41) is 9.58. The van der Waals surface area contributed by atoms with Crippen LogP contribution in [0.15, 0.2) is 18.2 Å². The topological polar surface area (TPSA) is 40.5 Å². The molecule has 0 spiro atoms. The Morgan fingerprint density at radius 3 is 2.67 bits per heavy atom. The fourth-order valence-corrected chi connectivity index (χ4v) is 4.19. The van der Waals surface area contributed by atoms with Crippen molar-refractivity contribution >= 4 is 17.6 Å². The molecule has 1 saturated carbocycles. The summed E-state index contributed by atoms with van der Waals surface area (Å²) < 4.78 is 0. The lowest BCUT2D eigenvalue weighted by Crippen LogP contribution is -2.34. The average Bonchev–Trinajstić information content (AvgIpc) is 3.11. The lowest BCUT2D eigenvalue weighted by Gasteiger charge is -2.29. The molecule has 1 saturated heterocycles. The van der Waals surface area contributed by atoms with Crippen LogP contribution in [0.3, 0.4) is 0 Å². The maximum atomic E-state index is 11.0. The lowest BCUT2D eigenvalue weighted by molar-refractivity contribution is 0.0697. The quantitative estimate of drug-likeness (QED) is 0.906. The van der Waals surface area contributed by atoms with Crippen molar-refractivity contribution in [3.8, 4) is 0 Å². The first kappa shape index (κ1) is 14.9. The molecule has 1 aromatic rings. The number of nitrogens with zero attached hydrogens (tertiary/aromatic N) is 1. The third kappa shape index (κ3) is 3.24. The Hall–Kier alpha value is -1.06. The Morgan fingerprint density at radius 2 is 2.00 bits per heavy atom. The molecule has 21 heavy (non-hydrogen) atoms. The molecule has 1 atom stereocenters. The minimum atomic E-state index is -0.923. The summed E-state index contributed by atoms with van der Waals surface area (Å²) in [7, 11) is 0. The molecule has 2 fully saturated rings. The zero-order valence-electron chi connectivity index (χ0n) is 12.2. The van der Waals surface area contributed by atoms with Gasteiger partial charge in [0.15, 0.2) is 0 Å². The van der Waals surface area contributed by atoms with E-state index in [-0.39, 0.29) is 5.56 Å². The van der Waals surface area contributed by atoms with Gasteiger partial charge in [-0.25, -0.2) is 4.79 Å². The van der Waals surface area contributed by atoms with Crippen LogP contribution in [0.4, 0.5) is 0 Å². The summed E-state index contributed by atoms with van der Waals surface area (Å²) in [6.45, 7) is 1.98. The van der Waals surface area contributed by atoms with E-state index in [0.717, 1.165) is 24.6 Å². The minimum absolute atomic E-state index is 0.262. The first-order valence-corrected chi connectivity index (χ1v) is 8.28. The standard InChI is InChI=1S/C17H22ClNO2/c18-15-10-13(17(20)21)7-8-14(15)11-19-9-3-6-16(19)12-4-1-2-5-12/h7-8,10,12,16H,1-6,9,11H2,(H,20,21). The van der Waals surface area contributed by atoms with E-state index in [1.807, 2.05) is 6.07 Å². The average molecular weight is 308 g/mol. The van der Waals surface area contributed by atoms with Crippen LogP contribution >= 0.6 is 11.6 Å². The maximum absolute atomic E-state index is 11.0. The molecule has 4 heteroatoms. The van der Waals surface area contributed by atoms with Crippen LogP contribution in [0, 0.1) is 5.92 Å². The van der Waals surface area contributed by atoms with Gasteiger partial charge in [0.05, 0.1) is 5.56 Å². The molecule has 114 valence electrons. The van der Waals surface area contributed by atoms with E-state index in [4.69, 9.17) is 16.7 Å². The van der Waals surface area contributed by atoms with E-state index in [9.17, 15) is 4.79 Å². The van der Waals surface area contributed by atoms with Crippen molar-refractivity contribution in [2.45, 2.75) is 51.1 Å². The summed E-state index contributed by atoms with van der Waals surface area (Å²) in [5.74, 6) is -0.0713. The van der Waals surface area contributed by atoms with E-state index in [1.54, 1.807) is 12.1 Å². The Labute approximate surface area is 130 Å². The van der Waals surface area contributed by atoms with Gasteiger partial charge in [-0.05, 0) is 55.8 Å². The monoisotopic (exact) mass is 307 g/mol. The molecule has 3 rings (SSSR count). The van der Waals surface area contributed by atoms with Crippen molar-refractivity contribution in [1.82, 2.24) is 4.90 Å². The third-order valence-corrected chi connectivity index (χ3v) is 5.38. The van der Waals surface area contributed by atoms with Gasteiger partial charge in [0.2, 0.25) is 0 Å². The highest BCUT2D eigenvalue weighted by molar-refractivity contribution is 6.31. The molecule has 1 heterocycles. The highest BCUT2D eigenvalue weighted by Crippen LogP contribution is 2.36. The molecule has 0 radical (unpaired) electrons. The SMILES string of the molecule is O=C(O)c1ccc(CN2CCCC2C2CCCC2)c(Cl)c1. The van der Waals surface area contributed by atoms with Crippen LogP contribution < -0.4 is 0 Å². The van der Waals surface area contributed by atoms with Gasteiger partial charge in [-0.3, -0.25) is 4.90 Å². The van der Waals surface area contributed by atoms with E-state index in [2.05, 4.69) is 4.90 Å². The van der Waals surface area contributed by atoms with Crippen LogP contribution in [0.2, 0.25) is 5.02 Å². The Bertz CT molecular complexity index is 526. The summed E-state index contributed by atoms with van der Waals surface area (Å²) in [5.41, 5.74) is 1.31. The molecule has 3 nitrogen and oxygen atoms in total. The van der Waals surface area contributed by atoms with Crippen molar-refractivity contribution in [3.05, 3.63) is 34.3 Å². The Kier molecular flexibility index (Phi) is 4.51. The molecule has 0 aromatic heterocycles. The molecule has 0 bridgehead atoms. The number of carboxylic acid groups (broad SMARTS) is 1. The Morgan fingerprint density at radius 1 is 1.24 bits per heavy atom. The molecular weight excluding hydrogens is 286 g/mol. The van der Waals surface area contributed by atoms with Crippen LogP contribution in [0.25, 0.3) is 0 Å². The van der Waals surface area contributed by atoms with Gasteiger partial charge in [-0.15, -0.1) is 0 Å². The maximum Gasteiger partial charge on any atom is 0.335 e. The summed E-state index contributed by atoms with van der Waals surface area (Å²) in [6, 6.07) is 5.79. The summed E-state index contributed by atoms with van der Waals surface area (Å²) in [4.78, 5) is 13.5. The molecule has 1 aliphatic heterocycles. The highest BCUT2D eigenvalue weighted by Gasteiger charge is 2.33. The van der Waals surface area contributed by atoms with Crippen molar-refractivity contribution in [3.63, 3.8) is 0 Å². The predicted molar refractivity (Wildman–Crippen MR) is 83.8 cm³/mol. The molecule has 0 amide bonds. The second kappa shape index (κ2) is 6.37. The highest BCUT2D eigenvalue weighted by atomic mass is 35.5. The van der Waals surface area contributed by atoms with Crippen LogP contribution in [0.1, 0.15) is 54.4 Å². The first-order valence-electron chi connectivity index (χ1n) is 7.91. The second-order valence-electron chi connectivity index (χ2n) is 6.34. The number of hydrogen-bond donors (Lipinski definition) is 1. The second-order valence-corrected chi connectivity index (χ2v) is 6.74. The predicted octanol–water partition coefficient (Wildman–Crippen LogP) is 4.19. The lowest BCUT2D eigenvalue weighted by atomic mass is 9.95. The first-order chi connectivity index (χ1) is 10.1. The number of likely N-dealkylation sites (tertiary alicyclic amines) is 1.